The third-order valence-electron chi connectivity index (χ3n) is 3.41. The lowest BCUT2D eigenvalue weighted by molar-refractivity contribution is -0.394. The summed E-state index contributed by atoms with van der Waals surface area (Å²) in [7, 11) is 0. The molecule has 1 atom stereocenters. The highest BCUT2D eigenvalue weighted by molar-refractivity contribution is 5.80. The molecule has 0 spiro atoms. The van der Waals surface area contributed by atoms with Crippen molar-refractivity contribution >= 4 is 23.3 Å². The van der Waals surface area contributed by atoms with E-state index < -0.39 is 39.1 Å². The lowest BCUT2D eigenvalue weighted by Crippen LogP contribution is -2.30. The Balaban J connectivity index is 2.53. The molecule has 1 rings (SSSR count). The molecular formula is C14H18N4O7. The summed E-state index contributed by atoms with van der Waals surface area (Å²) in [5.41, 5.74) is 4.50. The summed E-state index contributed by atoms with van der Waals surface area (Å²) in [4.78, 5) is 42.5. The van der Waals surface area contributed by atoms with Gasteiger partial charge in [0.25, 0.3) is 11.4 Å². The van der Waals surface area contributed by atoms with Crippen LogP contribution >= 0.6 is 0 Å². The second-order valence-corrected chi connectivity index (χ2v) is 5.29. The molecule has 0 aromatic heterocycles. The number of aliphatic carboxylic acids is 1. The Morgan fingerprint density at radius 2 is 1.88 bits per heavy atom. The third kappa shape index (κ3) is 6.51. The van der Waals surface area contributed by atoms with E-state index in [4.69, 9.17) is 10.8 Å². The summed E-state index contributed by atoms with van der Waals surface area (Å²) < 4.78 is 0. The third-order valence-corrected chi connectivity index (χ3v) is 3.41. The molecular weight excluding hydrogens is 336 g/mol. The van der Waals surface area contributed by atoms with Crippen LogP contribution in [0, 0.1) is 20.2 Å². The van der Waals surface area contributed by atoms with Gasteiger partial charge in [-0.15, -0.1) is 0 Å². The second kappa shape index (κ2) is 9.27. The van der Waals surface area contributed by atoms with E-state index in [1.807, 2.05) is 0 Å². The molecule has 0 bridgehead atoms. The number of nitro benzene ring substituents is 2. The Kier molecular flexibility index (Phi) is 7.41. The number of unbranched alkanes of at least 4 members (excludes halogenated alkanes) is 1. The van der Waals surface area contributed by atoms with Gasteiger partial charge in [0.2, 0.25) is 5.91 Å². The molecule has 0 aliphatic carbocycles. The molecule has 0 aliphatic heterocycles. The van der Waals surface area contributed by atoms with Gasteiger partial charge >= 0.3 is 5.97 Å². The molecule has 0 heterocycles. The quantitative estimate of drug-likeness (QED) is 0.312. The van der Waals surface area contributed by atoms with E-state index in [9.17, 15) is 29.8 Å². The van der Waals surface area contributed by atoms with Crippen LogP contribution in [-0.4, -0.2) is 39.4 Å². The predicted molar refractivity (Wildman–Crippen MR) is 85.9 cm³/mol. The van der Waals surface area contributed by atoms with Crippen molar-refractivity contribution < 1.29 is 24.5 Å². The number of hydrogen-bond acceptors (Lipinski definition) is 7. The van der Waals surface area contributed by atoms with E-state index in [-0.39, 0.29) is 24.9 Å². The summed E-state index contributed by atoms with van der Waals surface area (Å²) in [5, 5.41) is 32.8. The minimum atomic E-state index is -1.09. The zero-order chi connectivity index (χ0) is 19.0. The number of nitro groups is 2. The highest BCUT2D eigenvalue weighted by Crippen LogP contribution is 2.24. The zero-order valence-electron chi connectivity index (χ0n) is 13.2. The first-order valence-electron chi connectivity index (χ1n) is 7.39. The number of hydrogen-bond donors (Lipinski definition) is 3. The predicted octanol–water partition coefficient (Wildman–Crippen LogP) is 0.744. The topological polar surface area (TPSA) is 179 Å². The van der Waals surface area contributed by atoms with Crippen molar-refractivity contribution in [3.8, 4) is 0 Å². The average molecular weight is 354 g/mol. The summed E-state index contributed by atoms with van der Waals surface area (Å²) in [6, 6.07) is 2.15. The molecule has 0 aliphatic rings. The number of rotatable bonds is 10. The van der Waals surface area contributed by atoms with Crippen molar-refractivity contribution in [1.29, 1.82) is 0 Å². The van der Waals surface area contributed by atoms with Crippen LogP contribution in [0.3, 0.4) is 0 Å². The SMILES string of the molecule is N[C@@H](CCCCNC(=O)Cc1ccc([N+](=O)[O-])cc1[N+](=O)[O-])C(=O)O. The number of amides is 1. The van der Waals surface area contributed by atoms with Gasteiger partial charge < -0.3 is 16.2 Å². The van der Waals surface area contributed by atoms with Crippen LogP contribution in [0.15, 0.2) is 18.2 Å². The van der Waals surface area contributed by atoms with Crippen LogP contribution in [0.4, 0.5) is 11.4 Å². The number of non-ortho nitro benzene ring substituents is 1. The number of carbonyl (C=O) groups is 2. The van der Waals surface area contributed by atoms with Gasteiger partial charge in [-0.05, 0) is 25.3 Å². The van der Waals surface area contributed by atoms with Crippen molar-refractivity contribution in [2.24, 2.45) is 5.73 Å². The molecule has 0 fully saturated rings. The normalized spacial score (nSPS) is 11.6. The summed E-state index contributed by atoms with van der Waals surface area (Å²) in [6.07, 6.45) is 1.00. The molecule has 1 amide bonds. The fourth-order valence-electron chi connectivity index (χ4n) is 2.06. The molecule has 1 aromatic rings. The number of carboxylic acids is 1. The fraction of sp³-hybridized carbons (Fsp3) is 0.429. The van der Waals surface area contributed by atoms with E-state index in [1.54, 1.807) is 0 Å². The van der Waals surface area contributed by atoms with Crippen molar-refractivity contribution in [2.45, 2.75) is 31.7 Å². The van der Waals surface area contributed by atoms with Crippen molar-refractivity contribution in [2.75, 3.05) is 6.54 Å². The van der Waals surface area contributed by atoms with Crippen molar-refractivity contribution in [1.82, 2.24) is 5.32 Å². The smallest absolute Gasteiger partial charge is 0.320 e. The monoisotopic (exact) mass is 354 g/mol. The minimum Gasteiger partial charge on any atom is -0.480 e. The molecule has 0 unspecified atom stereocenters. The number of nitrogens with two attached hydrogens (primary N) is 1. The Labute approximate surface area is 142 Å². The Morgan fingerprint density at radius 1 is 1.20 bits per heavy atom. The Bertz CT molecular complexity index is 677. The van der Waals surface area contributed by atoms with E-state index in [0.717, 1.165) is 12.1 Å². The molecule has 25 heavy (non-hydrogen) atoms. The van der Waals surface area contributed by atoms with Crippen LogP contribution in [0.1, 0.15) is 24.8 Å². The molecule has 0 saturated carbocycles. The van der Waals surface area contributed by atoms with Gasteiger partial charge in [0, 0.05) is 18.2 Å². The summed E-state index contributed by atoms with van der Waals surface area (Å²) in [5.74, 6) is -1.56. The average Bonchev–Trinajstić information content (AvgIpc) is 2.54. The van der Waals surface area contributed by atoms with E-state index in [0.29, 0.717) is 12.8 Å². The van der Waals surface area contributed by atoms with Crippen molar-refractivity contribution in [3.63, 3.8) is 0 Å². The number of benzene rings is 1. The molecule has 11 heteroatoms. The molecule has 1 aromatic carbocycles. The first-order valence-corrected chi connectivity index (χ1v) is 7.39. The van der Waals surface area contributed by atoms with Crippen LogP contribution < -0.4 is 11.1 Å². The minimum absolute atomic E-state index is 0.0704. The lowest BCUT2D eigenvalue weighted by Gasteiger charge is -2.07. The summed E-state index contributed by atoms with van der Waals surface area (Å²) in [6.45, 7) is 0.270. The van der Waals surface area contributed by atoms with Crippen LogP contribution in [0.5, 0.6) is 0 Å². The van der Waals surface area contributed by atoms with Gasteiger partial charge in [-0.1, -0.05) is 0 Å². The largest absolute Gasteiger partial charge is 0.480 e. The van der Waals surface area contributed by atoms with Crippen LogP contribution in [0.2, 0.25) is 0 Å². The molecule has 11 nitrogen and oxygen atoms in total. The second-order valence-electron chi connectivity index (χ2n) is 5.29. The number of nitrogens with one attached hydrogen (secondary N) is 1. The zero-order valence-corrected chi connectivity index (χ0v) is 13.2. The fourth-order valence-corrected chi connectivity index (χ4v) is 2.06. The van der Waals surface area contributed by atoms with E-state index >= 15 is 0 Å². The van der Waals surface area contributed by atoms with E-state index in [1.165, 1.54) is 6.07 Å². The highest BCUT2D eigenvalue weighted by atomic mass is 16.6. The van der Waals surface area contributed by atoms with Gasteiger partial charge in [0.05, 0.1) is 22.3 Å². The van der Waals surface area contributed by atoms with Crippen LogP contribution in [-0.2, 0) is 16.0 Å². The number of carbonyl (C=O) groups excluding carboxylic acids is 1. The van der Waals surface area contributed by atoms with Crippen molar-refractivity contribution in [3.05, 3.63) is 44.0 Å². The Morgan fingerprint density at radius 3 is 2.44 bits per heavy atom. The van der Waals surface area contributed by atoms with Gasteiger partial charge in [0.15, 0.2) is 0 Å². The summed E-state index contributed by atoms with van der Waals surface area (Å²) >= 11 is 0. The number of carboxylic acid groups (broad SMARTS) is 1. The standard InChI is InChI=1S/C14H18N4O7/c15-11(14(20)21)3-1-2-6-16-13(19)7-9-4-5-10(17(22)23)8-12(9)18(24)25/h4-5,8,11H,1-3,6-7,15H2,(H,16,19)(H,20,21)/t11-/m0/s1. The van der Waals surface area contributed by atoms with Gasteiger partial charge in [-0.2, -0.15) is 0 Å². The maximum absolute atomic E-state index is 11.8. The maximum Gasteiger partial charge on any atom is 0.320 e. The van der Waals surface area contributed by atoms with E-state index in [2.05, 4.69) is 5.32 Å². The maximum atomic E-state index is 11.8. The number of nitrogens with zero attached hydrogens (tertiary/aromatic N) is 2. The Hall–Kier alpha value is -3.08. The molecule has 0 saturated heterocycles. The molecule has 4 N–H and O–H groups in total. The molecule has 0 radical (unpaired) electrons. The lowest BCUT2D eigenvalue weighted by atomic mass is 10.1. The first kappa shape index (κ1) is 20.0. The van der Waals surface area contributed by atoms with Gasteiger partial charge in [-0.3, -0.25) is 29.8 Å². The highest BCUT2D eigenvalue weighted by Gasteiger charge is 2.21. The van der Waals surface area contributed by atoms with Gasteiger partial charge in [0.1, 0.15) is 6.04 Å². The molecule has 136 valence electrons. The first-order chi connectivity index (χ1) is 11.7. The van der Waals surface area contributed by atoms with Crippen LogP contribution in [0.25, 0.3) is 0 Å². The van der Waals surface area contributed by atoms with Gasteiger partial charge in [-0.25, -0.2) is 0 Å².